The van der Waals surface area contributed by atoms with Gasteiger partial charge in [0.25, 0.3) is 0 Å². The van der Waals surface area contributed by atoms with Crippen molar-refractivity contribution in [2.45, 2.75) is 9.79 Å². The lowest BCUT2D eigenvalue weighted by molar-refractivity contribution is 0.686. The number of fused-ring (bicyclic) bond motifs is 1. The minimum absolute atomic E-state index is 0.513. The normalized spacial score (nSPS) is 19.4. The summed E-state index contributed by atoms with van der Waals surface area (Å²) in [6.07, 6.45) is 0. The zero-order chi connectivity index (χ0) is 14.5. The molecule has 2 unspecified atom stereocenters. The van der Waals surface area contributed by atoms with Crippen molar-refractivity contribution in [3.63, 3.8) is 0 Å². The second-order valence-corrected chi connectivity index (χ2v) is 6.50. The molecular weight excluding hydrogens is 318 g/mol. The molecule has 2 atom stereocenters. The highest BCUT2D eigenvalue weighted by atomic mass is 35.5. The molecule has 3 rings (SSSR count). The van der Waals surface area contributed by atoms with E-state index in [2.05, 4.69) is 9.10 Å². The van der Waals surface area contributed by atoms with Crippen LogP contribution in [0.15, 0.2) is 58.3 Å². The number of hydrogen-bond acceptors (Lipinski definition) is 3. The summed E-state index contributed by atoms with van der Waals surface area (Å²) in [5.74, 6) is 0. The van der Waals surface area contributed by atoms with E-state index in [1.807, 2.05) is 0 Å². The minimum Gasteiger partial charge on any atom is -0.482 e. The van der Waals surface area contributed by atoms with Crippen LogP contribution in [0.5, 0.6) is 0 Å². The lowest BCUT2D eigenvalue weighted by atomic mass is 10.3. The predicted molar refractivity (Wildman–Crippen MR) is 78.8 cm³/mol. The van der Waals surface area contributed by atoms with Crippen molar-refractivity contribution < 1.29 is 8.42 Å². The Kier molecular flexibility index (Phi) is 4.98. The number of rotatable bonds is 0. The Labute approximate surface area is 125 Å². The molecule has 0 spiro atoms. The first-order chi connectivity index (χ1) is 9.61. The smallest absolute Gasteiger partial charge is 0.385 e. The maximum Gasteiger partial charge on any atom is 0.385 e. The van der Waals surface area contributed by atoms with Crippen LogP contribution in [0.25, 0.3) is 9.10 Å². The summed E-state index contributed by atoms with van der Waals surface area (Å²) in [5, 5.41) is 8.85. The fourth-order valence-electron chi connectivity index (χ4n) is 1.39. The SMILES string of the molecule is N#[N+]c1ccc(Cl)cc1.O=S1[N-]S(=O)c2ccccc21. The highest BCUT2D eigenvalue weighted by Gasteiger charge is 2.12. The quantitative estimate of drug-likeness (QED) is 0.688. The highest BCUT2D eigenvalue weighted by Crippen LogP contribution is 2.31. The molecule has 0 fully saturated rings. The summed E-state index contributed by atoms with van der Waals surface area (Å²) in [6.45, 7) is 0. The third-order valence-electron chi connectivity index (χ3n) is 2.30. The number of benzene rings is 2. The molecule has 1 aliphatic rings. The van der Waals surface area contributed by atoms with Crippen molar-refractivity contribution in [2.24, 2.45) is 0 Å². The van der Waals surface area contributed by atoms with Crippen LogP contribution in [0.1, 0.15) is 0 Å². The Balaban J connectivity index is 0.000000151. The Hall–Kier alpha value is -1.59. The van der Waals surface area contributed by atoms with Gasteiger partial charge in [-0.25, -0.2) is 0 Å². The molecule has 2 aromatic rings. The molecule has 0 saturated heterocycles. The van der Waals surface area contributed by atoms with Crippen LogP contribution in [-0.4, -0.2) is 8.42 Å². The van der Waals surface area contributed by atoms with Crippen molar-refractivity contribution in [1.82, 2.24) is 0 Å². The lowest BCUT2D eigenvalue weighted by Gasteiger charge is -2.02. The van der Waals surface area contributed by atoms with Crippen LogP contribution in [0, 0.1) is 5.39 Å². The van der Waals surface area contributed by atoms with E-state index in [4.69, 9.17) is 17.0 Å². The van der Waals surface area contributed by atoms with E-state index in [1.165, 1.54) is 0 Å². The van der Waals surface area contributed by atoms with Gasteiger partial charge < -0.3 is 4.13 Å². The summed E-state index contributed by atoms with van der Waals surface area (Å²) < 4.78 is 25.6. The third-order valence-corrected chi connectivity index (χ3v) is 5.23. The van der Waals surface area contributed by atoms with Crippen LogP contribution >= 0.6 is 11.6 Å². The van der Waals surface area contributed by atoms with Crippen molar-refractivity contribution in [3.8, 4) is 0 Å². The maximum absolute atomic E-state index is 11.0. The molecule has 0 aliphatic carbocycles. The molecule has 5 nitrogen and oxygen atoms in total. The molecule has 20 heavy (non-hydrogen) atoms. The van der Waals surface area contributed by atoms with Gasteiger partial charge in [0.2, 0.25) is 5.39 Å². The minimum atomic E-state index is -1.40. The van der Waals surface area contributed by atoms with Gasteiger partial charge >= 0.3 is 5.69 Å². The van der Waals surface area contributed by atoms with Crippen LogP contribution in [0.2, 0.25) is 5.02 Å². The summed E-state index contributed by atoms with van der Waals surface area (Å²) in [7, 11) is -2.81. The van der Waals surface area contributed by atoms with Crippen molar-refractivity contribution >= 4 is 39.3 Å². The fraction of sp³-hybridized carbons (Fsp3) is 0. The van der Waals surface area contributed by atoms with Crippen LogP contribution in [0.3, 0.4) is 0 Å². The van der Waals surface area contributed by atoms with Crippen LogP contribution in [0.4, 0.5) is 5.69 Å². The molecule has 1 aliphatic heterocycles. The zero-order valence-corrected chi connectivity index (χ0v) is 12.4. The van der Waals surface area contributed by atoms with E-state index < -0.39 is 22.0 Å². The van der Waals surface area contributed by atoms with E-state index >= 15 is 0 Å². The molecule has 0 radical (unpaired) electrons. The number of halogens is 1. The molecule has 2 aromatic carbocycles. The standard InChI is InChI=1S/C6H4ClN2.C6H4NO2S2/c7-5-1-3-6(9-8)4-2-5;8-10-5-3-1-2-4-6(5)11(9)7-10/h1-4H;1-4H/q+1;-1. The number of hydrogen-bond donors (Lipinski definition) is 0. The summed E-state index contributed by atoms with van der Waals surface area (Å²) >= 11 is 5.55. The van der Waals surface area contributed by atoms with Gasteiger partial charge in [-0.1, -0.05) is 23.7 Å². The highest BCUT2D eigenvalue weighted by molar-refractivity contribution is 8.08. The number of nitrogens with zero attached hydrogens (tertiary/aromatic N) is 3. The van der Waals surface area contributed by atoms with Gasteiger partial charge in [0.1, 0.15) is 0 Å². The monoisotopic (exact) mass is 325 g/mol. The zero-order valence-electron chi connectivity index (χ0n) is 9.97. The fourth-order valence-corrected chi connectivity index (χ4v) is 3.95. The first-order valence-corrected chi connectivity index (χ1v) is 7.96. The summed E-state index contributed by atoms with van der Waals surface area (Å²) in [5.41, 5.74) is 0.513. The van der Waals surface area contributed by atoms with E-state index in [0.29, 0.717) is 20.5 Å². The van der Waals surface area contributed by atoms with E-state index in [0.717, 1.165) is 0 Å². The topological polar surface area (TPSA) is 76.4 Å². The van der Waals surface area contributed by atoms with E-state index in [1.54, 1.807) is 48.5 Å². The molecule has 0 amide bonds. The van der Waals surface area contributed by atoms with Crippen molar-refractivity contribution in [3.05, 3.63) is 62.7 Å². The Morgan fingerprint density at radius 2 is 1.45 bits per heavy atom. The van der Waals surface area contributed by atoms with Gasteiger partial charge in [-0.05, 0) is 46.2 Å². The molecule has 0 aromatic heterocycles. The third kappa shape index (κ3) is 3.49. The van der Waals surface area contributed by atoms with E-state index in [9.17, 15) is 8.42 Å². The van der Waals surface area contributed by atoms with Crippen molar-refractivity contribution in [1.29, 1.82) is 5.39 Å². The van der Waals surface area contributed by atoms with Crippen molar-refractivity contribution in [2.75, 3.05) is 0 Å². The second-order valence-electron chi connectivity index (χ2n) is 3.60. The maximum atomic E-state index is 11.0. The van der Waals surface area contributed by atoms with E-state index in [-0.39, 0.29) is 0 Å². The largest absolute Gasteiger partial charge is 0.482 e. The van der Waals surface area contributed by atoms with Gasteiger partial charge in [-0.2, -0.15) is 0 Å². The molecule has 8 heteroatoms. The van der Waals surface area contributed by atoms with Gasteiger partial charge in [0.15, 0.2) is 4.98 Å². The molecule has 1 heterocycles. The summed E-state index contributed by atoms with van der Waals surface area (Å²) in [4.78, 5) is 4.10. The number of diazo groups is 1. The second kappa shape index (κ2) is 6.72. The average molecular weight is 326 g/mol. The Bertz CT molecular complexity index is 680. The Morgan fingerprint density at radius 3 is 1.90 bits per heavy atom. The Morgan fingerprint density at radius 1 is 0.950 bits per heavy atom. The first kappa shape index (κ1) is 14.8. The molecule has 0 bridgehead atoms. The lowest BCUT2D eigenvalue weighted by Crippen LogP contribution is -1.80. The van der Waals surface area contributed by atoms with Crippen LogP contribution < -0.4 is 0 Å². The molecule has 0 saturated carbocycles. The van der Waals surface area contributed by atoms with Gasteiger partial charge in [0.05, 0.1) is 0 Å². The predicted octanol–water partition coefficient (Wildman–Crippen LogP) is 3.94. The van der Waals surface area contributed by atoms with Gasteiger partial charge in [-0.15, -0.1) is 0 Å². The first-order valence-electron chi connectivity index (χ1n) is 5.37. The summed E-state index contributed by atoms with van der Waals surface area (Å²) in [6, 6.07) is 13.5. The van der Waals surface area contributed by atoms with Crippen LogP contribution in [-0.2, 0) is 22.0 Å². The molecule has 0 N–H and O–H groups in total. The molecular formula is C12H8ClN3O2S2. The molecule has 102 valence electrons. The van der Waals surface area contributed by atoms with Gasteiger partial charge in [0, 0.05) is 26.9 Å². The average Bonchev–Trinajstić information content (AvgIpc) is 2.76. The van der Waals surface area contributed by atoms with Gasteiger partial charge in [-0.3, -0.25) is 8.42 Å².